The molecule has 0 N–H and O–H groups in total. The van der Waals surface area contributed by atoms with Crippen molar-refractivity contribution in [3.8, 4) is 0 Å². The first-order valence-corrected chi connectivity index (χ1v) is 29.9. The van der Waals surface area contributed by atoms with Crippen molar-refractivity contribution in [2.24, 2.45) is 5.92 Å². The molecule has 0 saturated carbocycles. The van der Waals surface area contributed by atoms with Crippen molar-refractivity contribution in [3.63, 3.8) is 0 Å². The van der Waals surface area contributed by atoms with E-state index in [9.17, 15) is 9.59 Å². The van der Waals surface area contributed by atoms with Gasteiger partial charge in [-0.1, -0.05) is 342 Å². The first-order chi connectivity index (χ1) is 31.2. The topological polar surface area (TPSA) is 43.4 Å². The van der Waals surface area contributed by atoms with Crippen molar-refractivity contribution in [1.82, 2.24) is 0 Å². The summed E-state index contributed by atoms with van der Waals surface area (Å²) < 4.78 is 5.52. The summed E-state index contributed by atoms with van der Waals surface area (Å²) in [5, 5.41) is 0. The summed E-state index contributed by atoms with van der Waals surface area (Å²) in [5.74, 6) is -0.605. The average molecular weight is 888 g/mol. The van der Waals surface area contributed by atoms with E-state index in [1.54, 1.807) is 0 Å². The van der Waals surface area contributed by atoms with Crippen molar-refractivity contribution in [2.75, 3.05) is 0 Å². The highest BCUT2D eigenvalue weighted by molar-refractivity contribution is 5.86. The second-order valence-electron chi connectivity index (χ2n) is 20.8. The summed E-state index contributed by atoms with van der Waals surface area (Å²) in [5.41, 5.74) is 0. The zero-order chi connectivity index (χ0) is 45.6. The third kappa shape index (κ3) is 52.0. The molecule has 0 saturated heterocycles. The number of carbonyl (C=O) groups is 2. The molecular formula is C60H118O3. The van der Waals surface area contributed by atoms with E-state index in [-0.39, 0.29) is 17.9 Å². The largest absolute Gasteiger partial charge is 0.393 e. The van der Waals surface area contributed by atoms with Crippen LogP contribution in [-0.2, 0) is 14.3 Å². The van der Waals surface area contributed by atoms with Crippen LogP contribution in [0.5, 0.6) is 0 Å². The van der Waals surface area contributed by atoms with Crippen molar-refractivity contribution in [3.05, 3.63) is 0 Å². The number of hydrogen-bond acceptors (Lipinski definition) is 3. The molecule has 1 unspecified atom stereocenters. The molecule has 0 rings (SSSR count). The van der Waals surface area contributed by atoms with Gasteiger partial charge in [0.15, 0.2) is 0 Å². The van der Waals surface area contributed by atoms with Gasteiger partial charge in [0.1, 0.15) is 0 Å². The molecule has 0 aliphatic heterocycles. The fraction of sp³-hybridized carbons (Fsp3) is 0.967. The molecule has 0 aliphatic carbocycles. The van der Waals surface area contributed by atoms with E-state index in [1.807, 2.05) is 0 Å². The molecule has 0 amide bonds. The molecule has 376 valence electrons. The van der Waals surface area contributed by atoms with E-state index in [4.69, 9.17) is 4.74 Å². The molecule has 0 fully saturated rings. The zero-order valence-electron chi connectivity index (χ0n) is 44.0. The standard InChI is InChI=1S/C60H118O3/c1-4-7-10-13-16-19-22-25-28-29-30-31-32-33-34-36-38-41-44-47-50-53-56-58(55-52-49-46-43-40-37-27-24-21-18-15-12-9-6-3)60(62)63-59(61)57-54-51-48-45-42-39-35-26-23-20-17-14-11-8-5-2/h58H,4-57H2,1-3H3. The highest BCUT2D eigenvalue weighted by Gasteiger charge is 2.22. The number of rotatable bonds is 55. The van der Waals surface area contributed by atoms with Gasteiger partial charge in [0.2, 0.25) is 0 Å². The summed E-state index contributed by atoms with van der Waals surface area (Å²) in [6, 6.07) is 0. The van der Waals surface area contributed by atoms with E-state index < -0.39 is 0 Å². The van der Waals surface area contributed by atoms with Gasteiger partial charge in [-0.15, -0.1) is 0 Å². The Morgan fingerprint density at radius 2 is 0.429 bits per heavy atom. The van der Waals surface area contributed by atoms with Crippen LogP contribution in [0.2, 0.25) is 0 Å². The Kier molecular flexibility index (Phi) is 54.7. The monoisotopic (exact) mass is 887 g/mol. The highest BCUT2D eigenvalue weighted by atomic mass is 16.6. The van der Waals surface area contributed by atoms with Crippen molar-refractivity contribution >= 4 is 11.9 Å². The zero-order valence-corrected chi connectivity index (χ0v) is 44.0. The minimum atomic E-state index is -0.283. The fourth-order valence-electron chi connectivity index (χ4n) is 9.85. The van der Waals surface area contributed by atoms with Crippen molar-refractivity contribution in [1.29, 1.82) is 0 Å². The van der Waals surface area contributed by atoms with Crippen LogP contribution in [0.1, 0.15) is 367 Å². The van der Waals surface area contributed by atoms with E-state index >= 15 is 0 Å². The van der Waals surface area contributed by atoms with Gasteiger partial charge >= 0.3 is 11.9 Å². The normalized spacial score (nSPS) is 12.0. The van der Waals surface area contributed by atoms with Crippen LogP contribution in [0.4, 0.5) is 0 Å². The maximum atomic E-state index is 13.3. The maximum Gasteiger partial charge on any atom is 0.316 e. The van der Waals surface area contributed by atoms with Gasteiger partial charge in [0.05, 0.1) is 5.92 Å². The van der Waals surface area contributed by atoms with Gasteiger partial charge in [-0.3, -0.25) is 9.59 Å². The van der Waals surface area contributed by atoms with Crippen LogP contribution in [0.15, 0.2) is 0 Å². The lowest BCUT2D eigenvalue weighted by atomic mass is 9.94. The number of carbonyl (C=O) groups excluding carboxylic acids is 2. The van der Waals surface area contributed by atoms with Gasteiger partial charge in [-0.25, -0.2) is 0 Å². The van der Waals surface area contributed by atoms with Crippen LogP contribution in [0.25, 0.3) is 0 Å². The summed E-state index contributed by atoms with van der Waals surface area (Å²) in [6.45, 7) is 6.89. The Bertz CT molecular complexity index is 867. The van der Waals surface area contributed by atoms with Gasteiger partial charge in [-0.2, -0.15) is 0 Å². The lowest BCUT2D eigenvalue weighted by Gasteiger charge is -2.15. The fourth-order valence-corrected chi connectivity index (χ4v) is 9.85. The molecule has 0 aromatic carbocycles. The molecule has 0 bridgehead atoms. The maximum absolute atomic E-state index is 13.3. The molecule has 1 atom stereocenters. The predicted molar refractivity (Wildman–Crippen MR) is 281 cm³/mol. The minimum Gasteiger partial charge on any atom is -0.393 e. The van der Waals surface area contributed by atoms with Crippen LogP contribution in [-0.4, -0.2) is 11.9 Å². The quantitative estimate of drug-likeness (QED) is 0.0347. The van der Waals surface area contributed by atoms with Gasteiger partial charge in [-0.05, 0) is 19.3 Å². The van der Waals surface area contributed by atoms with E-state index in [1.165, 1.54) is 302 Å². The molecule has 63 heavy (non-hydrogen) atoms. The SMILES string of the molecule is CCCCCCCCCCCCCCCCCCCCCCCCC(CCCCCCCCCCCCCCCC)C(=O)OC(=O)CCCCCCCCCCCCCCCCC. The molecule has 0 aromatic rings. The first kappa shape index (κ1) is 62.1. The smallest absolute Gasteiger partial charge is 0.316 e. The van der Waals surface area contributed by atoms with Crippen LogP contribution < -0.4 is 0 Å². The summed E-state index contributed by atoms with van der Waals surface area (Å²) in [7, 11) is 0. The van der Waals surface area contributed by atoms with Crippen LogP contribution >= 0.6 is 0 Å². The molecule has 0 aromatic heterocycles. The second-order valence-corrected chi connectivity index (χ2v) is 20.8. The van der Waals surface area contributed by atoms with Gasteiger partial charge < -0.3 is 4.74 Å². The Morgan fingerprint density at radius 3 is 0.635 bits per heavy atom. The summed E-state index contributed by atoms with van der Waals surface area (Å²) in [4.78, 5) is 26.0. The Balaban J connectivity index is 4.14. The lowest BCUT2D eigenvalue weighted by Crippen LogP contribution is -2.21. The first-order valence-electron chi connectivity index (χ1n) is 29.9. The molecule has 0 radical (unpaired) electrons. The predicted octanol–water partition coefficient (Wildman–Crippen LogP) is 21.8. The Morgan fingerprint density at radius 1 is 0.254 bits per heavy atom. The molecule has 3 nitrogen and oxygen atoms in total. The van der Waals surface area contributed by atoms with E-state index in [2.05, 4.69) is 20.8 Å². The second kappa shape index (κ2) is 55.5. The molecular weight excluding hydrogens is 769 g/mol. The van der Waals surface area contributed by atoms with E-state index in [0.29, 0.717) is 6.42 Å². The van der Waals surface area contributed by atoms with Gasteiger partial charge in [0.25, 0.3) is 0 Å². The Labute approximate surface area is 398 Å². The summed E-state index contributed by atoms with van der Waals surface area (Å²) >= 11 is 0. The molecule has 0 spiro atoms. The third-order valence-corrected chi connectivity index (χ3v) is 14.3. The molecule has 0 aliphatic rings. The summed E-state index contributed by atoms with van der Waals surface area (Å²) in [6.07, 6.45) is 71.4. The third-order valence-electron chi connectivity index (χ3n) is 14.3. The molecule has 0 heterocycles. The van der Waals surface area contributed by atoms with Crippen molar-refractivity contribution in [2.45, 2.75) is 367 Å². The van der Waals surface area contributed by atoms with Crippen LogP contribution in [0.3, 0.4) is 0 Å². The number of esters is 2. The van der Waals surface area contributed by atoms with Crippen LogP contribution in [0, 0.1) is 5.92 Å². The van der Waals surface area contributed by atoms with E-state index in [0.717, 1.165) is 38.5 Å². The number of ether oxygens (including phenoxy) is 1. The van der Waals surface area contributed by atoms with Gasteiger partial charge in [0, 0.05) is 6.42 Å². The lowest BCUT2D eigenvalue weighted by molar-refractivity contribution is -0.163. The number of unbranched alkanes of at least 4 members (excludes halogenated alkanes) is 48. The molecule has 3 heteroatoms. The number of hydrogen-bond donors (Lipinski definition) is 0. The van der Waals surface area contributed by atoms with Crippen molar-refractivity contribution < 1.29 is 14.3 Å². The highest BCUT2D eigenvalue weighted by Crippen LogP contribution is 2.23. The Hall–Kier alpha value is -0.860. The minimum absolute atomic E-state index is 0.0996. The average Bonchev–Trinajstić information content (AvgIpc) is 3.28.